The summed E-state index contributed by atoms with van der Waals surface area (Å²) < 4.78 is 6.23. The Balaban J connectivity index is 2.36. The maximum Gasteiger partial charge on any atom is 0.244 e. The van der Waals surface area contributed by atoms with E-state index in [9.17, 15) is 0 Å². The van der Waals surface area contributed by atoms with Crippen LogP contribution in [-0.2, 0) is 0 Å². The number of hydrogen-bond acceptors (Lipinski definition) is 4. The molecule has 102 valence electrons. The van der Waals surface area contributed by atoms with E-state index in [4.69, 9.17) is 10.3 Å². The van der Waals surface area contributed by atoms with Crippen molar-refractivity contribution in [3.8, 4) is 11.4 Å². The minimum atomic E-state index is -0.280. The summed E-state index contributed by atoms with van der Waals surface area (Å²) in [5, 5.41) is 4.02. The maximum absolute atomic E-state index is 6.12. The van der Waals surface area contributed by atoms with Gasteiger partial charge in [0.15, 0.2) is 0 Å². The van der Waals surface area contributed by atoms with Gasteiger partial charge in [-0.15, -0.1) is 0 Å². The average Bonchev–Trinajstić information content (AvgIpc) is 2.75. The van der Waals surface area contributed by atoms with E-state index in [0.717, 1.165) is 10.0 Å². The fraction of sp³-hybridized carbons (Fsp3) is 0.429. The molecule has 0 saturated heterocycles. The van der Waals surface area contributed by atoms with Crippen LogP contribution < -0.4 is 5.73 Å². The molecule has 5 heteroatoms. The monoisotopic (exact) mass is 323 g/mol. The van der Waals surface area contributed by atoms with Gasteiger partial charge in [0.05, 0.1) is 6.04 Å². The van der Waals surface area contributed by atoms with Gasteiger partial charge in [0.1, 0.15) is 0 Å². The first kappa shape index (κ1) is 14.2. The van der Waals surface area contributed by atoms with Crippen molar-refractivity contribution in [3.05, 3.63) is 34.1 Å². The average molecular weight is 324 g/mol. The zero-order valence-corrected chi connectivity index (χ0v) is 13.2. The van der Waals surface area contributed by atoms with Crippen LogP contribution in [0.4, 0.5) is 0 Å². The maximum atomic E-state index is 6.12. The smallest absolute Gasteiger partial charge is 0.244 e. The van der Waals surface area contributed by atoms with Crippen LogP contribution in [0.3, 0.4) is 0 Å². The van der Waals surface area contributed by atoms with Crippen LogP contribution in [-0.4, -0.2) is 10.1 Å². The van der Waals surface area contributed by atoms with Crippen LogP contribution in [0.1, 0.15) is 38.3 Å². The predicted molar refractivity (Wildman–Crippen MR) is 78.6 cm³/mol. The quantitative estimate of drug-likeness (QED) is 0.911. The standard InChI is InChI=1S/C14H18BrN3O/c1-8-5-6-9(10(15)7-8)12-17-13(19-18-12)11(16)14(2,3)4/h5-7,11H,16H2,1-4H3/t11-/m0/s1. The van der Waals surface area contributed by atoms with Crippen LogP contribution in [0.5, 0.6) is 0 Å². The fourth-order valence-corrected chi connectivity index (χ4v) is 2.31. The normalized spacial score (nSPS) is 13.6. The Morgan fingerprint density at radius 3 is 2.58 bits per heavy atom. The molecule has 4 nitrogen and oxygen atoms in total. The molecule has 0 aliphatic carbocycles. The summed E-state index contributed by atoms with van der Waals surface area (Å²) in [6.07, 6.45) is 0. The molecule has 1 aromatic carbocycles. The van der Waals surface area contributed by atoms with Gasteiger partial charge in [-0.3, -0.25) is 0 Å². The molecule has 1 atom stereocenters. The highest BCUT2D eigenvalue weighted by molar-refractivity contribution is 9.10. The van der Waals surface area contributed by atoms with Crippen molar-refractivity contribution in [2.75, 3.05) is 0 Å². The highest BCUT2D eigenvalue weighted by Gasteiger charge is 2.27. The van der Waals surface area contributed by atoms with Gasteiger partial charge in [-0.1, -0.05) is 47.9 Å². The molecule has 0 saturated carbocycles. The zero-order valence-electron chi connectivity index (χ0n) is 11.6. The number of nitrogens with zero attached hydrogens (tertiary/aromatic N) is 2. The number of nitrogens with two attached hydrogens (primary N) is 1. The molecule has 19 heavy (non-hydrogen) atoms. The lowest BCUT2D eigenvalue weighted by atomic mass is 9.87. The summed E-state index contributed by atoms with van der Waals surface area (Å²) in [5.41, 5.74) is 8.08. The summed E-state index contributed by atoms with van der Waals surface area (Å²) in [6.45, 7) is 8.17. The van der Waals surface area contributed by atoms with E-state index < -0.39 is 0 Å². The van der Waals surface area contributed by atoms with E-state index in [-0.39, 0.29) is 11.5 Å². The third kappa shape index (κ3) is 3.04. The molecule has 0 aliphatic heterocycles. The van der Waals surface area contributed by atoms with Crippen LogP contribution in [0.15, 0.2) is 27.2 Å². The van der Waals surface area contributed by atoms with Crippen molar-refractivity contribution in [2.45, 2.75) is 33.7 Å². The van der Waals surface area contributed by atoms with E-state index in [2.05, 4.69) is 26.1 Å². The molecule has 2 N–H and O–H groups in total. The Bertz CT molecular complexity index is 587. The van der Waals surface area contributed by atoms with Gasteiger partial charge < -0.3 is 10.3 Å². The third-order valence-corrected chi connectivity index (χ3v) is 3.66. The fourth-order valence-electron chi connectivity index (χ4n) is 1.64. The molecule has 0 amide bonds. The first-order chi connectivity index (χ1) is 8.79. The first-order valence-corrected chi connectivity index (χ1v) is 6.94. The zero-order chi connectivity index (χ0) is 14.2. The summed E-state index contributed by atoms with van der Waals surface area (Å²) in [5.74, 6) is 1.02. The van der Waals surface area contributed by atoms with E-state index in [1.807, 2.05) is 45.9 Å². The Hall–Kier alpha value is -1.20. The number of rotatable bonds is 2. The molecule has 2 rings (SSSR count). The minimum Gasteiger partial charge on any atom is -0.337 e. The Labute approximate surface area is 121 Å². The van der Waals surface area contributed by atoms with Crippen LogP contribution in [0.25, 0.3) is 11.4 Å². The second-order valence-corrected chi connectivity index (χ2v) is 6.64. The van der Waals surface area contributed by atoms with E-state index in [1.165, 1.54) is 5.56 Å². The largest absolute Gasteiger partial charge is 0.337 e. The molecule has 0 radical (unpaired) electrons. The van der Waals surface area contributed by atoms with Gasteiger partial charge in [0.2, 0.25) is 11.7 Å². The lowest BCUT2D eigenvalue weighted by Crippen LogP contribution is -2.26. The van der Waals surface area contributed by atoms with E-state index in [0.29, 0.717) is 11.7 Å². The molecule has 0 aliphatic rings. The van der Waals surface area contributed by atoms with Gasteiger partial charge in [-0.2, -0.15) is 4.98 Å². The lowest BCUT2D eigenvalue weighted by Gasteiger charge is -2.23. The minimum absolute atomic E-state index is 0.117. The number of aromatic nitrogens is 2. The van der Waals surface area contributed by atoms with Gasteiger partial charge in [0.25, 0.3) is 0 Å². The summed E-state index contributed by atoms with van der Waals surface area (Å²) in [4.78, 5) is 4.40. The second kappa shape index (κ2) is 5.06. The molecule has 0 bridgehead atoms. The number of aryl methyl sites for hydroxylation is 1. The van der Waals surface area contributed by atoms with Gasteiger partial charge >= 0.3 is 0 Å². The van der Waals surface area contributed by atoms with Gasteiger partial charge in [0, 0.05) is 10.0 Å². The van der Waals surface area contributed by atoms with Crippen molar-refractivity contribution >= 4 is 15.9 Å². The van der Waals surface area contributed by atoms with Crippen molar-refractivity contribution in [2.24, 2.45) is 11.1 Å². The summed E-state index contributed by atoms with van der Waals surface area (Å²) >= 11 is 3.52. The summed E-state index contributed by atoms with van der Waals surface area (Å²) in [6, 6.07) is 5.73. The Morgan fingerprint density at radius 2 is 2.00 bits per heavy atom. The third-order valence-electron chi connectivity index (χ3n) is 3.01. The number of hydrogen-bond donors (Lipinski definition) is 1. The summed E-state index contributed by atoms with van der Waals surface area (Å²) in [7, 11) is 0. The van der Waals surface area contributed by atoms with Gasteiger partial charge in [-0.25, -0.2) is 0 Å². The van der Waals surface area contributed by atoms with Crippen molar-refractivity contribution in [3.63, 3.8) is 0 Å². The van der Waals surface area contributed by atoms with E-state index >= 15 is 0 Å². The number of benzene rings is 1. The van der Waals surface area contributed by atoms with Crippen molar-refractivity contribution in [1.29, 1.82) is 0 Å². The molecule has 2 aromatic rings. The molecule has 1 aromatic heterocycles. The van der Waals surface area contributed by atoms with Crippen molar-refractivity contribution in [1.82, 2.24) is 10.1 Å². The van der Waals surface area contributed by atoms with Crippen LogP contribution in [0, 0.1) is 12.3 Å². The molecule has 0 spiro atoms. The number of halogens is 1. The Kier molecular flexibility index (Phi) is 3.78. The molecular formula is C14H18BrN3O. The lowest BCUT2D eigenvalue weighted by molar-refractivity contribution is 0.253. The highest BCUT2D eigenvalue weighted by atomic mass is 79.9. The predicted octanol–water partition coefficient (Wildman–Crippen LogP) is 3.85. The second-order valence-electron chi connectivity index (χ2n) is 5.78. The highest BCUT2D eigenvalue weighted by Crippen LogP contribution is 2.32. The SMILES string of the molecule is Cc1ccc(-c2noc([C@H](N)C(C)(C)C)n2)c(Br)c1. The Morgan fingerprint density at radius 1 is 1.32 bits per heavy atom. The van der Waals surface area contributed by atoms with Crippen molar-refractivity contribution < 1.29 is 4.52 Å². The van der Waals surface area contributed by atoms with Crippen LogP contribution in [0.2, 0.25) is 0 Å². The molecule has 0 unspecified atom stereocenters. The molecule has 1 heterocycles. The molecular weight excluding hydrogens is 306 g/mol. The first-order valence-electron chi connectivity index (χ1n) is 6.15. The van der Waals surface area contributed by atoms with Gasteiger partial charge in [-0.05, 0) is 30.0 Å². The van der Waals surface area contributed by atoms with Crippen LogP contribution >= 0.6 is 15.9 Å². The molecule has 0 fully saturated rings. The topological polar surface area (TPSA) is 64.9 Å². The van der Waals surface area contributed by atoms with E-state index in [1.54, 1.807) is 0 Å².